The van der Waals surface area contributed by atoms with Crippen LogP contribution in [0.2, 0.25) is 0 Å². The molecule has 0 fully saturated rings. The molecule has 0 aliphatic carbocycles. The Morgan fingerprint density at radius 2 is 1.65 bits per heavy atom. The number of aromatic nitrogens is 2. The first-order chi connectivity index (χ1) is 9.70. The molecule has 1 heterocycles. The van der Waals surface area contributed by atoms with Crippen LogP contribution in [0.3, 0.4) is 0 Å². The standard InChI is InChI=1S/C14H9BrFN3S/c15-10-3-1-9(2-4-10)13-18-19-14(20-13)17-12-7-5-11(16)6-8-12/h1-8H,(H,17,19). The van der Waals surface area contributed by atoms with E-state index in [0.717, 1.165) is 20.7 Å². The lowest BCUT2D eigenvalue weighted by Crippen LogP contribution is -1.89. The van der Waals surface area contributed by atoms with Crippen molar-refractivity contribution < 1.29 is 4.39 Å². The normalized spacial score (nSPS) is 10.5. The van der Waals surface area contributed by atoms with Crippen LogP contribution in [0.4, 0.5) is 15.2 Å². The van der Waals surface area contributed by atoms with Gasteiger partial charge in [-0.05, 0) is 36.4 Å². The van der Waals surface area contributed by atoms with Crippen molar-refractivity contribution >= 4 is 38.1 Å². The number of nitrogens with one attached hydrogen (secondary N) is 1. The number of halogens is 2. The van der Waals surface area contributed by atoms with Crippen LogP contribution in [-0.2, 0) is 0 Å². The van der Waals surface area contributed by atoms with Gasteiger partial charge in [0.1, 0.15) is 10.8 Å². The Kier molecular flexibility index (Phi) is 3.75. The fourth-order valence-corrected chi connectivity index (χ4v) is 2.67. The lowest BCUT2D eigenvalue weighted by atomic mass is 10.2. The minimum absolute atomic E-state index is 0.261. The molecule has 0 radical (unpaired) electrons. The zero-order valence-corrected chi connectivity index (χ0v) is 12.6. The third kappa shape index (κ3) is 3.02. The third-order valence-corrected chi connectivity index (χ3v) is 4.03. The van der Waals surface area contributed by atoms with Gasteiger partial charge in [0.15, 0.2) is 0 Å². The van der Waals surface area contributed by atoms with E-state index in [-0.39, 0.29) is 5.82 Å². The molecule has 0 saturated heterocycles. The van der Waals surface area contributed by atoms with Gasteiger partial charge in [-0.15, -0.1) is 10.2 Å². The monoisotopic (exact) mass is 349 g/mol. The Bertz CT molecular complexity index is 710. The summed E-state index contributed by atoms with van der Waals surface area (Å²) in [6.45, 7) is 0. The average molecular weight is 350 g/mol. The zero-order valence-electron chi connectivity index (χ0n) is 10.2. The van der Waals surface area contributed by atoms with Crippen molar-refractivity contribution in [1.29, 1.82) is 0 Å². The van der Waals surface area contributed by atoms with Gasteiger partial charge in [0.2, 0.25) is 5.13 Å². The number of hydrogen-bond acceptors (Lipinski definition) is 4. The Morgan fingerprint density at radius 3 is 2.35 bits per heavy atom. The van der Waals surface area contributed by atoms with E-state index in [0.29, 0.717) is 5.13 Å². The number of nitrogens with zero attached hydrogens (tertiary/aromatic N) is 2. The number of hydrogen-bond donors (Lipinski definition) is 1. The Labute approximate surface area is 127 Å². The van der Waals surface area contributed by atoms with Crippen molar-refractivity contribution in [3.05, 3.63) is 58.8 Å². The van der Waals surface area contributed by atoms with Crippen LogP contribution in [-0.4, -0.2) is 10.2 Å². The molecule has 1 N–H and O–H groups in total. The first kappa shape index (κ1) is 13.2. The summed E-state index contributed by atoms with van der Waals surface area (Å²) in [5.74, 6) is -0.261. The fraction of sp³-hybridized carbons (Fsp3) is 0. The van der Waals surface area contributed by atoms with E-state index < -0.39 is 0 Å². The van der Waals surface area contributed by atoms with Crippen molar-refractivity contribution in [3.63, 3.8) is 0 Å². The topological polar surface area (TPSA) is 37.8 Å². The summed E-state index contributed by atoms with van der Waals surface area (Å²) >= 11 is 4.85. The Balaban J connectivity index is 1.80. The Morgan fingerprint density at radius 1 is 0.950 bits per heavy atom. The van der Waals surface area contributed by atoms with Crippen LogP contribution in [0.15, 0.2) is 53.0 Å². The van der Waals surface area contributed by atoms with E-state index in [9.17, 15) is 4.39 Å². The molecule has 0 atom stereocenters. The summed E-state index contributed by atoms with van der Waals surface area (Å²) in [6, 6.07) is 14.0. The lowest BCUT2D eigenvalue weighted by molar-refractivity contribution is 0.628. The van der Waals surface area contributed by atoms with Crippen LogP contribution >= 0.6 is 27.3 Å². The molecule has 1 aromatic heterocycles. The van der Waals surface area contributed by atoms with Gasteiger partial charge in [-0.1, -0.05) is 39.4 Å². The maximum absolute atomic E-state index is 12.8. The molecule has 3 aromatic rings. The van der Waals surface area contributed by atoms with Crippen LogP contribution in [0, 0.1) is 5.82 Å². The van der Waals surface area contributed by atoms with Crippen LogP contribution < -0.4 is 5.32 Å². The molecule has 0 aliphatic heterocycles. The zero-order chi connectivity index (χ0) is 13.9. The van der Waals surface area contributed by atoms with Crippen molar-refractivity contribution in [2.45, 2.75) is 0 Å². The molecule has 0 amide bonds. The van der Waals surface area contributed by atoms with Crippen LogP contribution in [0.1, 0.15) is 0 Å². The second-order valence-corrected chi connectivity index (χ2v) is 5.94. The third-order valence-electron chi connectivity index (χ3n) is 2.61. The first-order valence-corrected chi connectivity index (χ1v) is 7.44. The van der Waals surface area contributed by atoms with Crippen molar-refractivity contribution in [2.75, 3.05) is 5.32 Å². The minimum Gasteiger partial charge on any atom is -0.330 e. The smallest absolute Gasteiger partial charge is 0.210 e. The molecule has 100 valence electrons. The van der Waals surface area contributed by atoms with Gasteiger partial charge >= 0.3 is 0 Å². The van der Waals surface area contributed by atoms with Gasteiger partial charge in [0.05, 0.1) is 0 Å². The highest BCUT2D eigenvalue weighted by Crippen LogP contribution is 2.29. The summed E-state index contributed by atoms with van der Waals surface area (Å²) < 4.78 is 13.9. The van der Waals surface area contributed by atoms with E-state index in [2.05, 4.69) is 31.4 Å². The molecular formula is C14H9BrFN3S. The number of anilines is 2. The molecule has 3 rings (SSSR count). The van der Waals surface area contributed by atoms with Crippen molar-refractivity contribution in [3.8, 4) is 10.6 Å². The molecule has 0 unspecified atom stereocenters. The maximum atomic E-state index is 12.8. The molecule has 0 bridgehead atoms. The highest BCUT2D eigenvalue weighted by molar-refractivity contribution is 9.10. The number of rotatable bonds is 3. The van der Waals surface area contributed by atoms with Gasteiger partial charge in [-0.2, -0.15) is 0 Å². The maximum Gasteiger partial charge on any atom is 0.210 e. The summed E-state index contributed by atoms with van der Waals surface area (Å²) in [6.07, 6.45) is 0. The SMILES string of the molecule is Fc1ccc(Nc2nnc(-c3ccc(Br)cc3)s2)cc1. The molecule has 0 spiro atoms. The first-order valence-electron chi connectivity index (χ1n) is 5.83. The van der Waals surface area contributed by atoms with Crippen molar-refractivity contribution in [1.82, 2.24) is 10.2 Å². The molecule has 0 aliphatic rings. The highest BCUT2D eigenvalue weighted by Gasteiger charge is 2.06. The molecule has 3 nitrogen and oxygen atoms in total. The second kappa shape index (κ2) is 5.68. The fourth-order valence-electron chi connectivity index (χ4n) is 1.64. The summed E-state index contributed by atoms with van der Waals surface area (Å²) in [7, 11) is 0. The van der Waals surface area contributed by atoms with E-state index in [4.69, 9.17) is 0 Å². The molecule has 2 aromatic carbocycles. The lowest BCUT2D eigenvalue weighted by Gasteiger charge is -2.00. The van der Waals surface area contributed by atoms with Crippen molar-refractivity contribution in [2.24, 2.45) is 0 Å². The minimum atomic E-state index is -0.261. The molecule has 0 saturated carbocycles. The second-order valence-electron chi connectivity index (χ2n) is 4.05. The summed E-state index contributed by atoms with van der Waals surface area (Å²) in [5.41, 5.74) is 1.79. The van der Waals surface area contributed by atoms with Gasteiger partial charge in [-0.25, -0.2) is 4.39 Å². The van der Waals surface area contributed by atoms with E-state index in [1.165, 1.54) is 23.5 Å². The largest absolute Gasteiger partial charge is 0.330 e. The molecular weight excluding hydrogens is 341 g/mol. The molecule has 6 heteroatoms. The van der Waals surface area contributed by atoms with Crippen LogP contribution in [0.25, 0.3) is 10.6 Å². The number of benzene rings is 2. The predicted octanol–water partition coefficient (Wildman–Crippen LogP) is 4.85. The molecule has 20 heavy (non-hydrogen) atoms. The van der Waals surface area contributed by atoms with E-state index in [1.54, 1.807) is 12.1 Å². The quantitative estimate of drug-likeness (QED) is 0.734. The average Bonchev–Trinajstić information content (AvgIpc) is 2.91. The summed E-state index contributed by atoms with van der Waals surface area (Å²) in [4.78, 5) is 0. The summed E-state index contributed by atoms with van der Waals surface area (Å²) in [5, 5.41) is 12.8. The van der Waals surface area contributed by atoms with E-state index >= 15 is 0 Å². The van der Waals surface area contributed by atoms with Gasteiger partial charge in [0.25, 0.3) is 0 Å². The van der Waals surface area contributed by atoms with Gasteiger partial charge < -0.3 is 5.32 Å². The van der Waals surface area contributed by atoms with E-state index in [1.807, 2.05) is 24.3 Å². The van der Waals surface area contributed by atoms with Gasteiger partial charge in [0, 0.05) is 15.7 Å². The van der Waals surface area contributed by atoms with Crippen LogP contribution in [0.5, 0.6) is 0 Å². The Hall–Kier alpha value is -1.79. The highest BCUT2D eigenvalue weighted by atomic mass is 79.9. The predicted molar refractivity (Wildman–Crippen MR) is 82.7 cm³/mol. The van der Waals surface area contributed by atoms with Gasteiger partial charge in [-0.3, -0.25) is 0 Å².